The molecule has 0 unspecified atom stereocenters. The molecule has 3 aromatic carbocycles. The van der Waals surface area contributed by atoms with Crippen LogP contribution in [0.1, 0.15) is 38.3 Å². The third-order valence-corrected chi connectivity index (χ3v) is 5.81. The quantitative estimate of drug-likeness (QED) is 0.384. The summed E-state index contributed by atoms with van der Waals surface area (Å²) in [5.74, 6) is -4.03. The SMILES string of the molecule is Cc1ccccc1C(=O)Nc1ccc(N2CC=C(c3ccccc3)CC2)c(C(=O)O)c1.O=C(O)C(F)(F)F. The van der Waals surface area contributed by atoms with E-state index in [-0.39, 0.29) is 11.5 Å². The number of alkyl halides is 3. The van der Waals surface area contributed by atoms with Crippen molar-refractivity contribution < 1.29 is 37.8 Å². The summed E-state index contributed by atoms with van der Waals surface area (Å²) < 4.78 is 31.7. The first kappa shape index (κ1) is 28.0. The van der Waals surface area contributed by atoms with Crippen LogP contribution in [0.2, 0.25) is 0 Å². The summed E-state index contributed by atoms with van der Waals surface area (Å²) in [5, 5.41) is 19.7. The maximum atomic E-state index is 12.6. The van der Waals surface area contributed by atoms with Gasteiger partial charge in [-0.3, -0.25) is 4.79 Å². The number of nitrogens with one attached hydrogen (secondary N) is 1. The van der Waals surface area contributed by atoms with Crippen molar-refractivity contribution in [3.05, 3.63) is 101 Å². The van der Waals surface area contributed by atoms with Crippen molar-refractivity contribution in [1.82, 2.24) is 0 Å². The number of anilines is 2. The van der Waals surface area contributed by atoms with E-state index in [4.69, 9.17) is 9.90 Å². The van der Waals surface area contributed by atoms with Crippen LogP contribution in [0, 0.1) is 6.92 Å². The Bertz CT molecular complexity index is 1350. The Kier molecular flexibility index (Phi) is 8.90. The average molecular weight is 527 g/mol. The number of hydrogen-bond acceptors (Lipinski definition) is 4. The highest BCUT2D eigenvalue weighted by molar-refractivity contribution is 6.06. The van der Waals surface area contributed by atoms with Crippen molar-refractivity contribution in [2.24, 2.45) is 0 Å². The summed E-state index contributed by atoms with van der Waals surface area (Å²) in [6, 6.07) is 22.6. The topological polar surface area (TPSA) is 107 Å². The van der Waals surface area contributed by atoms with Gasteiger partial charge in [0.15, 0.2) is 0 Å². The number of carboxylic acid groups (broad SMARTS) is 2. The van der Waals surface area contributed by atoms with Crippen molar-refractivity contribution in [3.8, 4) is 0 Å². The van der Waals surface area contributed by atoms with Gasteiger partial charge in [0.05, 0.1) is 11.3 Å². The number of carboxylic acids is 2. The van der Waals surface area contributed by atoms with E-state index in [9.17, 15) is 27.9 Å². The van der Waals surface area contributed by atoms with Crippen molar-refractivity contribution in [2.75, 3.05) is 23.3 Å². The Morgan fingerprint density at radius 3 is 2.08 bits per heavy atom. The van der Waals surface area contributed by atoms with E-state index >= 15 is 0 Å². The lowest BCUT2D eigenvalue weighted by atomic mass is 9.98. The molecule has 7 nitrogen and oxygen atoms in total. The summed E-state index contributed by atoms with van der Waals surface area (Å²) in [7, 11) is 0. The lowest BCUT2D eigenvalue weighted by Crippen LogP contribution is -2.29. The van der Waals surface area contributed by atoms with Crippen LogP contribution in [0.25, 0.3) is 5.57 Å². The van der Waals surface area contributed by atoms with Crippen LogP contribution in [-0.2, 0) is 4.79 Å². The fourth-order valence-electron chi connectivity index (χ4n) is 3.89. The molecule has 10 heteroatoms. The van der Waals surface area contributed by atoms with Gasteiger partial charge in [0.1, 0.15) is 0 Å². The molecule has 0 fully saturated rings. The van der Waals surface area contributed by atoms with Crippen molar-refractivity contribution >= 4 is 34.8 Å². The van der Waals surface area contributed by atoms with E-state index in [2.05, 4.69) is 28.4 Å². The Morgan fingerprint density at radius 2 is 1.53 bits per heavy atom. The van der Waals surface area contributed by atoms with Crippen LogP contribution >= 0.6 is 0 Å². The summed E-state index contributed by atoms with van der Waals surface area (Å²) in [4.78, 5) is 35.5. The number of halogens is 3. The average Bonchev–Trinajstić information content (AvgIpc) is 2.89. The molecule has 1 amide bonds. The molecule has 198 valence electrons. The van der Waals surface area contributed by atoms with E-state index in [1.54, 1.807) is 24.3 Å². The third-order valence-electron chi connectivity index (χ3n) is 5.81. The van der Waals surface area contributed by atoms with Gasteiger partial charge in [0.25, 0.3) is 5.91 Å². The van der Waals surface area contributed by atoms with Gasteiger partial charge < -0.3 is 20.4 Å². The van der Waals surface area contributed by atoms with Gasteiger partial charge in [-0.05, 0) is 54.3 Å². The van der Waals surface area contributed by atoms with Crippen LogP contribution in [0.5, 0.6) is 0 Å². The first-order chi connectivity index (χ1) is 18.0. The van der Waals surface area contributed by atoms with Crippen LogP contribution in [0.3, 0.4) is 0 Å². The number of rotatable bonds is 5. The summed E-state index contributed by atoms with van der Waals surface area (Å²) in [6.07, 6.45) is -2.09. The van der Waals surface area contributed by atoms with Gasteiger partial charge in [0.2, 0.25) is 0 Å². The minimum atomic E-state index is -5.08. The molecule has 0 radical (unpaired) electrons. The summed E-state index contributed by atoms with van der Waals surface area (Å²) in [6.45, 7) is 3.24. The molecule has 1 aliphatic rings. The minimum Gasteiger partial charge on any atom is -0.478 e. The predicted molar refractivity (Wildman–Crippen MR) is 137 cm³/mol. The summed E-state index contributed by atoms with van der Waals surface area (Å²) >= 11 is 0. The maximum absolute atomic E-state index is 12.6. The molecule has 4 rings (SSSR count). The number of amides is 1. The zero-order chi connectivity index (χ0) is 27.9. The zero-order valence-electron chi connectivity index (χ0n) is 20.3. The first-order valence-electron chi connectivity index (χ1n) is 11.5. The molecule has 0 atom stereocenters. The monoisotopic (exact) mass is 526 g/mol. The van der Waals surface area contributed by atoms with E-state index in [0.717, 1.165) is 18.5 Å². The molecule has 0 saturated carbocycles. The number of hydrogen-bond donors (Lipinski definition) is 3. The van der Waals surface area contributed by atoms with Gasteiger partial charge >= 0.3 is 18.1 Å². The second-order valence-electron chi connectivity index (χ2n) is 8.40. The Hall–Kier alpha value is -4.60. The molecule has 0 aromatic heterocycles. The fourth-order valence-corrected chi connectivity index (χ4v) is 3.89. The summed E-state index contributed by atoms with van der Waals surface area (Å²) in [5.41, 5.74) is 5.21. The number of aromatic carboxylic acids is 1. The molecule has 3 aromatic rings. The van der Waals surface area contributed by atoms with Crippen molar-refractivity contribution in [1.29, 1.82) is 0 Å². The normalized spacial score (nSPS) is 13.1. The lowest BCUT2D eigenvalue weighted by molar-refractivity contribution is -0.192. The predicted octanol–water partition coefficient (Wildman–Crippen LogP) is 5.87. The minimum absolute atomic E-state index is 0.180. The fraction of sp³-hybridized carbons (Fsp3) is 0.179. The van der Waals surface area contributed by atoms with Gasteiger partial charge in [-0.15, -0.1) is 0 Å². The molecule has 0 spiro atoms. The van der Waals surface area contributed by atoms with E-state index in [0.29, 0.717) is 23.5 Å². The first-order valence-corrected chi connectivity index (χ1v) is 11.5. The highest BCUT2D eigenvalue weighted by atomic mass is 19.4. The number of benzene rings is 3. The molecule has 0 aliphatic carbocycles. The molecule has 3 N–H and O–H groups in total. The standard InChI is InChI=1S/C26H24N2O3.C2HF3O2/c1-18-7-5-6-10-22(18)25(29)27-21-11-12-24(23(17-21)26(30)31)28-15-13-20(14-16-28)19-8-3-2-4-9-19;3-2(4,5)1(6)7/h2-13,17H,14-16H2,1H3,(H,27,29)(H,30,31);(H,6,7). The largest absolute Gasteiger partial charge is 0.490 e. The molecule has 1 heterocycles. The number of carbonyl (C=O) groups excluding carboxylic acids is 1. The van der Waals surface area contributed by atoms with Gasteiger partial charge in [0, 0.05) is 24.3 Å². The van der Waals surface area contributed by atoms with E-state index in [1.165, 1.54) is 17.2 Å². The molecular formula is C28H25F3N2O5. The van der Waals surface area contributed by atoms with Crippen molar-refractivity contribution in [2.45, 2.75) is 19.5 Å². The molecule has 38 heavy (non-hydrogen) atoms. The Balaban J connectivity index is 0.000000505. The Morgan fingerprint density at radius 1 is 0.895 bits per heavy atom. The third kappa shape index (κ3) is 7.22. The highest BCUT2D eigenvalue weighted by Crippen LogP contribution is 2.30. The maximum Gasteiger partial charge on any atom is 0.490 e. The second-order valence-corrected chi connectivity index (χ2v) is 8.40. The number of carbonyl (C=O) groups is 3. The van der Waals surface area contributed by atoms with Crippen LogP contribution < -0.4 is 10.2 Å². The number of aryl methyl sites for hydroxylation is 1. The molecule has 0 bridgehead atoms. The molecular weight excluding hydrogens is 501 g/mol. The highest BCUT2D eigenvalue weighted by Gasteiger charge is 2.38. The lowest BCUT2D eigenvalue weighted by Gasteiger charge is -2.30. The van der Waals surface area contributed by atoms with E-state index < -0.39 is 18.1 Å². The Labute approximate surface area is 216 Å². The second kappa shape index (κ2) is 12.1. The van der Waals surface area contributed by atoms with Gasteiger partial charge in [-0.25, -0.2) is 9.59 Å². The van der Waals surface area contributed by atoms with E-state index in [1.807, 2.05) is 37.3 Å². The van der Waals surface area contributed by atoms with Crippen LogP contribution in [0.4, 0.5) is 24.5 Å². The number of nitrogens with zero attached hydrogens (tertiary/aromatic N) is 1. The number of aliphatic carboxylic acids is 1. The smallest absolute Gasteiger partial charge is 0.478 e. The zero-order valence-corrected chi connectivity index (χ0v) is 20.3. The molecule has 0 saturated heterocycles. The van der Waals surface area contributed by atoms with Crippen LogP contribution in [0.15, 0.2) is 78.9 Å². The molecule has 1 aliphatic heterocycles. The van der Waals surface area contributed by atoms with Gasteiger partial charge in [-0.1, -0.05) is 54.6 Å². The van der Waals surface area contributed by atoms with Gasteiger partial charge in [-0.2, -0.15) is 13.2 Å². The van der Waals surface area contributed by atoms with Crippen LogP contribution in [-0.4, -0.2) is 47.3 Å². The van der Waals surface area contributed by atoms with Crippen molar-refractivity contribution in [3.63, 3.8) is 0 Å².